The largest absolute Gasteiger partial charge is 0.315 e. The molecule has 2 fully saturated rings. The van der Waals surface area contributed by atoms with Crippen LogP contribution in [0.15, 0.2) is 0 Å². The number of nitrogens with one attached hydrogen (secondary N) is 1. The van der Waals surface area contributed by atoms with E-state index in [1.54, 1.807) is 0 Å². The highest BCUT2D eigenvalue weighted by Crippen LogP contribution is 2.48. The number of likely N-dealkylation sites (tertiary alicyclic amines) is 1. The van der Waals surface area contributed by atoms with Crippen LogP contribution in [-0.4, -0.2) is 43.5 Å². The lowest BCUT2D eigenvalue weighted by Crippen LogP contribution is -2.33. The molecule has 0 aromatic rings. The number of hydrogen-bond acceptors (Lipinski definition) is 2. The van der Waals surface area contributed by atoms with Crippen molar-refractivity contribution in [2.75, 3.05) is 38.6 Å². The van der Waals surface area contributed by atoms with Crippen LogP contribution < -0.4 is 5.32 Å². The molecule has 15 heavy (non-hydrogen) atoms. The molecule has 0 amide bonds. The topological polar surface area (TPSA) is 15.3 Å². The van der Waals surface area contributed by atoms with Crippen molar-refractivity contribution in [3.05, 3.63) is 0 Å². The summed E-state index contributed by atoms with van der Waals surface area (Å²) in [4.78, 5) is 2.56. The Morgan fingerprint density at radius 3 is 2.53 bits per heavy atom. The van der Waals surface area contributed by atoms with Gasteiger partial charge >= 0.3 is 0 Å². The van der Waals surface area contributed by atoms with Crippen molar-refractivity contribution >= 4 is 11.6 Å². The first-order valence-corrected chi connectivity index (χ1v) is 6.87. The van der Waals surface area contributed by atoms with E-state index in [-0.39, 0.29) is 0 Å². The van der Waals surface area contributed by atoms with Crippen LogP contribution in [-0.2, 0) is 0 Å². The third-order valence-electron chi connectivity index (χ3n) is 3.89. The maximum absolute atomic E-state index is 5.81. The molecule has 0 radical (unpaired) electrons. The summed E-state index contributed by atoms with van der Waals surface area (Å²) in [6.07, 6.45) is 6.77. The first-order valence-electron chi connectivity index (χ1n) is 6.34. The van der Waals surface area contributed by atoms with Crippen molar-refractivity contribution in [1.29, 1.82) is 0 Å². The summed E-state index contributed by atoms with van der Waals surface area (Å²) in [6, 6.07) is 0. The Bertz CT molecular complexity index is 186. The summed E-state index contributed by atoms with van der Waals surface area (Å²) in [5.74, 6) is 0.827. The average Bonchev–Trinajstić information content (AvgIpc) is 2.80. The predicted octanol–water partition coefficient (Wildman–Crippen LogP) is 2.08. The minimum absolute atomic E-state index is 0.590. The van der Waals surface area contributed by atoms with Gasteiger partial charge in [0, 0.05) is 25.5 Å². The molecule has 1 saturated carbocycles. The minimum atomic E-state index is 0.590. The normalized spacial score (nSPS) is 24.6. The molecule has 0 spiro atoms. The first kappa shape index (κ1) is 11.7. The zero-order chi connectivity index (χ0) is 10.6. The van der Waals surface area contributed by atoms with E-state index < -0.39 is 0 Å². The molecule has 1 aliphatic carbocycles. The maximum Gasteiger partial charge on any atom is 0.0229 e. The quantitative estimate of drug-likeness (QED) is 0.532. The molecular weight excluding hydrogens is 208 g/mol. The molecule has 0 aromatic heterocycles. The lowest BCUT2D eigenvalue weighted by Gasteiger charge is -2.18. The van der Waals surface area contributed by atoms with Crippen molar-refractivity contribution in [3.8, 4) is 0 Å². The summed E-state index contributed by atoms with van der Waals surface area (Å²) in [6.45, 7) is 6.21. The van der Waals surface area contributed by atoms with Crippen LogP contribution in [0.25, 0.3) is 0 Å². The molecule has 0 unspecified atom stereocenters. The first-order chi connectivity index (χ1) is 7.35. The summed E-state index contributed by atoms with van der Waals surface area (Å²) in [7, 11) is 0. The zero-order valence-corrected chi connectivity index (χ0v) is 10.4. The third-order valence-corrected chi connectivity index (χ3v) is 4.07. The highest BCUT2D eigenvalue weighted by molar-refractivity contribution is 6.17. The van der Waals surface area contributed by atoms with Gasteiger partial charge in [0.25, 0.3) is 0 Å². The molecule has 0 aromatic carbocycles. The fourth-order valence-electron chi connectivity index (χ4n) is 2.49. The monoisotopic (exact) mass is 230 g/mol. The molecule has 2 nitrogen and oxygen atoms in total. The predicted molar refractivity (Wildman–Crippen MR) is 65.5 cm³/mol. The van der Waals surface area contributed by atoms with Crippen LogP contribution in [0.1, 0.15) is 32.1 Å². The van der Waals surface area contributed by atoms with Crippen molar-refractivity contribution in [3.63, 3.8) is 0 Å². The van der Waals surface area contributed by atoms with Gasteiger partial charge in [0.15, 0.2) is 0 Å². The fourth-order valence-corrected chi connectivity index (χ4v) is 2.89. The SMILES string of the molecule is ClCCC1(CNCCN2CCCC2)CC1. The third kappa shape index (κ3) is 3.61. The molecule has 2 rings (SSSR count). The highest BCUT2D eigenvalue weighted by atomic mass is 35.5. The van der Waals surface area contributed by atoms with Gasteiger partial charge in [-0.2, -0.15) is 0 Å². The van der Waals surface area contributed by atoms with Gasteiger partial charge < -0.3 is 10.2 Å². The van der Waals surface area contributed by atoms with E-state index in [0.717, 1.165) is 12.4 Å². The number of alkyl halides is 1. The summed E-state index contributed by atoms with van der Waals surface area (Å²) < 4.78 is 0. The minimum Gasteiger partial charge on any atom is -0.315 e. The lowest BCUT2D eigenvalue weighted by atomic mass is 10.0. The van der Waals surface area contributed by atoms with Gasteiger partial charge in [0.1, 0.15) is 0 Å². The van der Waals surface area contributed by atoms with E-state index in [1.807, 2.05) is 0 Å². The number of hydrogen-bond donors (Lipinski definition) is 1. The number of nitrogens with zero attached hydrogens (tertiary/aromatic N) is 1. The van der Waals surface area contributed by atoms with Gasteiger partial charge in [0.05, 0.1) is 0 Å². The Kier molecular flexibility index (Phi) is 4.30. The molecule has 1 aliphatic heterocycles. The van der Waals surface area contributed by atoms with Gasteiger partial charge in [-0.15, -0.1) is 11.6 Å². The second-order valence-electron chi connectivity index (χ2n) is 5.16. The maximum atomic E-state index is 5.81. The summed E-state index contributed by atoms with van der Waals surface area (Å²) >= 11 is 5.81. The van der Waals surface area contributed by atoms with Crippen molar-refractivity contribution in [2.45, 2.75) is 32.1 Å². The molecule has 0 atom stereocenters. The Morgan fingerprint density at radius 2 is 1.93 bits per heavy atom. The van der Waals surface area contributed by atoms with Gasteiger partial charge in [-0.1, -0.05) is 0 Å². The molecule has 3 heteroatoms. The van der Waals surface area contributed by atoms with Crippen molar-refractivity contribution < 1.29 is 0 Å². The molecule has 1 saturated heterocycles. The van der Waals surface area contributed by atoms with Crippen molar-refractivity contribution in [1.82, 2.24) is 10.2 Å². The Balaban J connectivity index is 1.51. The van der Waals surface area contributed by atoms with E-state index in [4.69, 9.17) is 11.6 Å². The second kappa shape index (κ2) is 5.51. The van der Waals surface area contributed by atoms with E-state index in [2.05, 4.69) is 10.2 Å². The van der Waals surface area contributed by atoms with Crippen LogP contribution in [0.2, 0.25) is 0 Å². The molecule has 1 heterocycles. The van der Waals surface area contributed by atoms with Crippen molar-refractivity contribution in [2.24, 2.45) is 5.41 Å². The van der Waals surface area contributed by atoms with E-state index >= 15 is 0 Å². The van der Waals surface area contributed by atoms with Crippen LogP contribution >= 0.6 is 11.6 Å². The van der Waals surface area contributed by atoms with Gasteiger partial charge in [-0.05, 0) is 50.6 Å². The molecule has 2 aliphatic rings. The van der Waals surface area contributed by atoms with E-state index in [0.29, 0.717) is 5.41 Å². The highest BCUT2D eigenvalue weighted by Gasteiger charge is 2.40. The molecule has 88 valence electrons. The van der Waals surface area contributed by atoms with E-state index in [1.165, 1.54) is 58.3 Å². The van der Waals surface area contributed by atoms with Gasteiger partial charge in [-0.25, -0.2) is 0 Å². The average molecular weight is 231 g/mol. The van der Waals surface area contributed by atoms with Crippen LogP contribution in [0.3, 0.4) is 0 Å². The summed E-state index contributed by atoms with van der Waals surface area (Å²) in [5.41, 5.74) is 0.590. The van der Waals surface area contributed by atoms with Crippen LogP contribution in [0.5, 0.6) is 0 Å². The second-order valence-corrected chi connectivity index (χ2v) is 5.54. The smallest absolute Gasteiger partial charge is 0.0229 e. The van der Waals surface area contributed by atoms with Crippen LogP contribution in [0, 0.1) is 5.41 Å². The van der Waals surface area contributed by atoms with Crippen LogP contribution in [0.4, 0.5) is 0 Å². The van der Waals surface area contributed by atoms with Gasteiger partial charge in [-0.3, -0.25) is 0 Å². The Labute approximate surface area is 98.4 Å². The van der Waals surface area contributed by atoms with Gasteiger partial charge in [0.2, 0.25) is 0 Å². The summed E-state index contributed by atoms with van der Waals surface area (Å²) in [5, 5.41) is 3.60. The fraction of sp³-hybridized carbons (Fsp3) is 1.00. The Hall–Kier alpha value is 0.210. The number of rotatable bonds is 7. The molecule has 0 bridgehead atoms. The lowest BCUT2D eigenvalue weighted by molar-refractivity contribution is 0.327. The zero-order valence-electron chi connectivity index (χ0n) is 9.60. The standard InChI is InChI=1S/C12H23ClN2/c13-6-5-12(3-4-12)11-14-7-10-15-8-1-2-9-15/h14H,1-11H2. The van der Waals surface area contributed by atoms with E-state index in [9.17, 15) is 0 Å². The number of halogens is 1. The molecule has 1 N–H and O–H groups in total. The Morgan fingerprint density at radius 1 is 1.20 bits per heavy atom. The molecular formula is C12H23ClN2.